The average Bonchev–Trinajstić information content (AvgIpc) is 3.15. The van der Waals surface area contributed by atoms with Crippen LogP contribution in [-0.4, -0.2) is 104 Å². The minimum Gasteiger partial charge on any atom is -0.506 e. The molecule has 6 rings (SSSR count). The van der Waals surface area contributed by atoms with Gasteiger partial charge in [0.1, 0.15) is 35.4 Å². The van der Waals surface area contributed by atoms with Crippen LogP contribution in [-0.2, 0) is 15.9 Å². The molecule has 12 heteroatoms. The Hall–Kier alpha value is -3.62. The van der Waals surface area contributed by atoms with E-state index in [1.54, 1.807) is 13.0 Å². The first-order valence-corrected chi connectivity index (χ1v) is 18.8. The normalized spacial score (nSPS) is 30.2. The van der Waals surface area contributed by atoms with E-state index in [0.717, 1.165) is 37.3 Å². The van der Waals surface area contributed by atoms with E-state index in [1.165, 1.54) is 6.07 Å². The molecule has 2 heterocycles. The van der Waals surface area contributed by atoms with E-state index in [1.807, 2.05) is 30.3 Å². The van der Waals surface area contributed by atoms with Gasteiger partial charge in [-0.1, -0.05) is 49.2 Å². The molecule has 7 N–H and O–H groups in total. The van der Waals surface area contributed by atoms with E-state index < -0.39 is 48.5 Å². The summed E-state index contributed by atoms with van der Waals surface area (Å²) in [5.41, 5.74) is -0.826. The van der Waals surface area contributed by atoms with Crippen molar-refractivity contribution in [2.75, 3.05) is 26.4 Å². The smallest absolute Gasteiger partial charge is 0.335 e. The Bertz CT molecular complexity index is 1740. The molecule has 2 aliphatic heterocycles. The number of aromatic hydroxyl groups is 1. The fourth-order valence-electron chi connectivity index (χ4n) is 9.19. The number of hydrogen-bond donors (Lipinski definition) is 7. The van der Waals surface area contributed by atoms with Crippen LogP contribution in [0.25, 0.3) is 10.8 Å². The van der Waals surface area contributed by atoms with Crippen LogP contribution in [0, 0.1) is 30.6 Å². The number of Topliss-reactive ketones (excluding diaryl/α,β-unsaturated/α-hetero) is 1. The third-order valence-corrected chi connectivity index (χ3v) is 11.9. The number of carboxylic acid groups (broad SMARTS) is 1. The van der Waals surface area contributed by atoms with Gasteiger partial charge in [0.25, 0.3) is 0 Å². The van der Waals surface area contributed by atoms with Crippen molar-refractivity contribution in [2.45, 2.75) is 94.9 Å². The molecule has 3 aromatic rings. The second-order valence-corrected chi connectivity index (χ2v) is 15.2. The summed E-state index contributed by atoms with van der Waals surface area (Å²) >= 11 is 0. The number of carbonyl (C=O) groups excluding carboxylic acids is 1. The Labute approximate surface area is 308 Å². The van der Waals surface area contributed by atoms with Crippen molar-refractivity contribution < 1.29 is 59.5 Å². The van der Waals surface area contributed by atoms with Gasteiger partial charge in [0.2, 0.25) is 6.29 Å². The summed E-state index contributed by atoms with van der Waals surface area (Å²) in [6, 6.07) is 13.5. The van der Waals surface area contributed by atoms with Gasteiger partial charge in [0.05, 0.1) is 23.1 Å². The zero-order valence-corrected chi connectivity index (χ0v) is 30.1. The van der Waals surface area contributed by atoms with Gasteiger partial charge < -0.3 is 50.0 Å². The van der Waals surface area contributed by atoms with Gasteiger partial charge >= 0.3 is 5.97 Å². The van der Waals surface area contributed by atoms with Gasteiger partial charge in [-0.3, -0.25) is 4.79 Å². The van der Waals surface area contributed by atoms with Crippen molar-refractivity contribution in [2.24, 2.45) is 23.7 Å². The standard InChI is InChI=1S/C41H52O12/c1-23-17-28-18-29(39(48)49)19-31(35(28)36(45)33(23)30(44)13-12-24-7-3-2-4-8-24)52-40-37(46)38(47)41(50,32(20-43)53-40)15-14-25-9-5-10-26-21-51-22-27(34(25)26)11-6-16-42/h2-4,7-8,17-19,25-27,32,34,37-38,40,42-43,45-47,50H,5-6,9-16,20-22H2,1H3,(H,48,49). The topological polar surface area (TPSA) is 203 Å². The number of aryl methyl sites for hydroxylation is 2. The molecule has 3 aromatic carbocycles. The third kappa shape index (κ3) is 8.10. The molecule has 9 atom stereocenters. The molecule has 1 saturated carbocycles. The number of phenols is 1. The van der Waals surface area contributed by atoms with Crippen molar-refractivity contribution in [1.29, 1.82) is 0 Å². The number of aliphatic hydroxyl groups excluding tert-OH is 4. The molecule has 0 amide bonds. The number of ether oxygens (including phenoxy) is 3. The predicted octanol–water partition coefficient (Wildman–Crippen LogP) is 4.15. The summed E-state index contributed by atoms with van der Waals surface area (Å²) in [6.07, 6.45) is -1.21. The number of rotatable bonds is 14. The van der Waals surface area contributed by atoms with Gasteiger partial charge in [-0.25, -0.2) is 4.79 Å². The minimum atomic E-state index is -2.05. The molecule has 3 aliphatic rings. The molecule has 3 fully saturated rings. The molecule has 2 saturated heterocycles. The van der Waals surface area contributed by atoms with E-state index in [-0.39, 0.29) is 64.7 Å². The van der Waals surface area contributed by atoms with Crippen molar-refractivity contribution in [3.05, 3.63) is 70.8 Å². The summed E-state index contributed by atoms with van der Waals surface area (Å²) in [4.78, 5) is 25.6. The monoisotopic (exact) mass is 736 g/mol. The number of ketones is 1. The van der Waals surface area contributed by atoms with Crippen LogP contribution in [0.5, 0.6) is 11.5 Å². The van der Waals surface area contributed by atoms with Crippen molar-refractivity contribution in [3.8, 4) is 11.5 Å². The highest BCUT2D eigenvalue weighted by Crippen LogP contribution is 2.48. The molecule has 9 unspecified atom stereocenters. The Morgan fingerprint density at radius 3 is 2.49 bits per heavy atom. The fourth-order valence-corrected chi connectivity index (χ4v) is 9.19. The lowest BCUT2D eigenvalue weighted by Gasteiger charge is -2.50. The molecular formula is C41H52O12. The molecule has 1 aliphatic carbocycles. The van der Waals surface area contributed by atoms with Crippen LogP contribution in [0.15, 0.2) is 48.5 Å². The summed E-state index contributed by atoms with van der Waals surface area (Å²) in [5.74, 6) is -1.13. The summed E-state index contributed by atoms with van der Waals surface area (Å²) in [5, 5.41) is 76.4. The van der Waals surface area contributed by atoms with Crippen LogP contribution in [0.3, 0.4) is 0 Å². The lowest BCUT2D eigenvalue weighted by Crippen LogP contribution is -2.68. The maximum atomic E-state index is 13.5. The van der Waals surface area contributed by atoms with Crippen LogP contribution in [0.2, 0.25) is 0 Å². The van der Waals surface area contributed by atoms with E-state index in [4.69, 9.17) is 14.2 Å². The van der Waals surface area contributed by atoms with Crippen LogP contribution in [0.4, 0.5) is 0 Å². The lowest BCUT2D eigenvalue weighted by molar-refractivity contribution is -0.315. The first kappa shape index (κ1) is 39.1. The zero-order valence-electron chi connectivity index (χ0n) is 30.1. The Morgan fingerprint density at radius 2 is 1.77 bits per heavy atom. The number of carbonyl (C=O) groups is 2. The molecule has 53 heavy (non-hydrogen) atoms. The molecule has 0 spiro atoms. The molecular weight excluding hydrogens is 684 g/mol. The number of aliphatic hydroxyl groups is 5. The molecule has 288 valence electrons. The highest BCUT2D eigenvalue weighted by molar-refractivity contribution is 6.09. The largest absolute Gasteiger partial charge is 0.506 e. The second-order valence-electron chi connectivity index (χ2n) is 15.2. The van der Waals surface area contributed by atoms with E-state index in [2.05, 4.69) is 0 Å². The van der Waals surface area contributed by atoms with Crippen molar-refractivity contribution in [3.63, 3.8) is 0 Å². The Morgan fingerprint density at radius 1 is 1.00 bits per heavy atom. The van der Waals surface area contributed by atoms with Crippen LogP contribution in [0.1, 0.15) is 83.2 Å². The Balaban J connectivity index is 1.24. The van der Waals surface area contributed by atoms with E-state index in [0.29, 0.717) is 49.9 Å². The maximum Gasteiger partial charge on any atom is 0.335 e. The summed E-state index contributed by atoms with van der Waals surface area (Å²) < 4.78 is 17.9. The molecule has 12 nitrogen and oxygen atoms in total. The zero-order chi connectivity index (χ0) is 37.9. The number of phenolic OH excluding ortho intramolecular Hbond substituents is 1. The van der Waals surface area contributed by atoms with Gasteiger partial charge in [0, 0.05) is 26.2 Å². The highest BCUT2D eigenvalue weighted by Gasteiger charge is 2.56. The predicted molar refractivity (Wildman–Crippen MR) is 194 cm³/mol. The van der Waals surface area contributed by atoms with Gasteiger partial charge in [0.15, 0.2) is 5.78 Å². The number of fused-ring (bicyclic) bond motifs is 2. The number of benzene rings is 3. The first-order chi connectivity index (χ1) is 25.5. The summed E-state index contributed by atoms with van der Waals surface area (Å²) in [7, 11) is 0. The first-order valence-electron chi connectivity index (χ1n) is 18.8. The number of hydrogen-bond acceptors (Lipinski definition) is 11. The van der Waals surface area contributed by atoms with Crippen LogP contribution < -0.4 is 4.74 Å². The van der Waals surface area contributed by atoms with E-state index >= 15 is 0 Å². The fraction of sp³-hybridized carbons (Fsp3) is 0.561. The maximum absolute atomic E-state index is 13.5. The average molecular weight is 737 g/mol. The quantitative estimate of drug-likeness (QED) is 0.117. The van der Waals surface area contributed by atoms with Crippen LogP contribution >= 0.6 is 0 Å². The van der Waals surface area contributed by atoms with Crippen molar-refractivity contribution >= 4 is 22.5 Å². The molecule has 0 aromatic heterocycles. The lowest BCUT2D eigenvalue weighted by atomic mass is 9.62. The number of carboxylic acids is 1. The van der Waals surface area contributed by atoms with Gasteiger partial charge in [-0.15, -0.1) is 0 Å². The van der Waals surface area contributed by atoms with Gasteiger partial charge in [-0.2, -0.15) is 0 Å². The molecule has 0 bridgehead atoms. The Kier molecular flexibility index (Phi) is 12.4. The molecule has 0 radical (unpaired) electrons. The minimum absolute atomic E-state index is 0.00870. The SMILES string of the molecule is Cc1cc2cc(C(=O)O)cc(OC3OC(CO)C(O)(CCC4CCCC5COCC(CCCO)C45)C(O)C3O)c2c(O)c1C(=O)CCc1ccccc1. The third-order valence-electron chi connectivity index (χ3n) is 11.9. The van der Waals surface area contributed by atoms with Crippen molar-refractivity contribution in [1.82, 2.24) is 0 Å². The highest BCUT2D eigenvalue weighted by atomic mass is 16.7. The number of aromatic carboxylic acids is 1. The summed E-state index contributed by atoms with van der Waals surface area (Å²) in [6.45, 7) is 2.31. The van der Waals surface area contributed by atoms with E-state index in [9.17, 15) is 45.3 Å². The second kappa shape index (κ2) is 16.8. The van der Waals surface area contributed by atoms with Gasteiger partial charge in [-0.05, 0) is 97.8 Å².